The molecule has 1 aromatic rings. The predicted molar refractivity (Wildman–Crippen MR) is 77.8 cm³/mol. The summed E-state index contributed by atoms with van der Waals surface area (Å²) in [6.45, 7) is 4.69. The Balaban J connectivity index is 2.94. The first-order valence-electron chi connectivity index (χ1n) is 6.38. The minimum atomic E-state index is -0.835. The molecule has 0 spiro atoms. The minimum Gasteiger partial charge on any atom is -0.310 e. The summed E-state index contributed by atoms with van der Waals surface area (Å²) in [5.74, 6) is 4.17. The molecule has 0 aliphatic carbocycles. The van der Waals surface area contributed by atoms with Crippen LogP contribution in [0.2, 0.25) is 0 Å². The van der Waals surface area contributed by atoms with Gasteiger partial charge in [-0.3, -0.25) is 0 Å². The van der Waals surface area contributed by atoms with Crippen LogP contribution in [0.4, 0.5) is 8.78 Å². The van der Waals surface area contributed by atoms with Crippen LogP contribution in [-0.2, 0) is 0 Å². The third-order valence-electron chi connectivity index (χ3n) is 2.82. The first kappa shape index (κ1) is 16.1. The molecule has 1 aromatic carbocycles. The van der Waals surface area contributed by atoms with Crippen molar-refractivity contribution in [3.8, 4) is 11.8 Å². The van der Waals surface area contributed by atoms with Gasteiger partial charge in [-0.25, -0.2) is 8.78 Å². The van der Waals surface area contributed by atoms with Crippen LogP contribution in [0.1, 0.15) is 44.7 Å². The summed E-state index contributed by atoms with van der Waals surface area (Å²) >= 11 is 3.14. The molecule has 1 unspecified atom stereocenters. The van der Waals surface area contributed by atoms with E-state index in [1.807, 2.05) is 0 Å². The molecule has 0 saturated heterocycles. The zero-order valence-electron chi connectivity index (χ0n) is 11.2. The van der Waals surface area contributed by atoms with Crippen molar-refractivity contribution >= 4 is 15.9 Å². The van der Waals surface area contributed by atoms with Gasteiger partial charge in [0.05, 0.1) is 4.47 Å². The van der Waals surface area contributed by atoms with Crippen LogP contribution in [-0.4, -0.2) is 6.54 Å². The Morgan fingerprint density at radius 1 is 1.37 bits per heavy atom. The number of nitrogens with one attached hydrogen (secondary N) is 1. The van der Waals surface area contributed by atoms with E-state index in [2.05, 4.69) is 40.0 Å². The van der Waals surface area contributed by atoms with E-state index in [0.29, 0.717) is 0 Å². The minimum absolute atomic E-state index is 0.0229. The first-order chi connectivity index (χ1) is 9.11. The van der Waals surface area contributed by atoms with Crippen molar-refractivity contribution in [2.45, 2.75) is 39.2 Å². The van der Waals surface area contributed by atoms with Gasteiger partial charge in [0.1, 0.15) is 0 Å². The molecule has 0 aromatic heterocycles. The molecule has 0 fully saturated rings. The maximum atomic E-state index is 13.6. The maximum absolute atomic E-state index is 13.6. The summed E-state index contributed by atoms with van der Waals surface area (Å²) in [5.41, 5.74) is 0.741. The molecule has 0 radical (unpaired) electrons. The first-order valence-corrected chi connectivity index (χ1v) is 7.17. The Labute approximate surface area is 121 Å². The molecule has 0 saturated carbocycles. The fraction of sp³-hybridized carbons (Fsp3) is 0.467. The van der Waals surface area contributed by atoms with Crippen LogP contribution in [0.3, 0.4) is 0 Å². The molecular formula is C15H18BrF2N. The second kappa shape index (κ2) is 8.29. The fourth-order valence-electron chi connectivity index (χ4n) is 1.84. The van der Waals surface area contributed by atoms with Gasteiger partial charge in [0.15, 0.2) is 11.6 Å². The van der Waals surface area contributed by atoms with Crippen LogP contribution in [0.25, 0.3) is 0 Å². The topological polar surface area (TPSA) is 12.0 Å². The number of benzene rings is 1. The molecule has 19 heavy (non-hydrogen) atoms. The van der Waals surface area contributed by atoms with Gasteiger partial charge >= 0.3 is 0 Å². The van der Waals surface area contributed by atoms with Gasteiger partial charge in [0.25, 0.3) is 0 Å². The smallest absolute Gasteiger partial charge is 0.173 e. The van der Waals surface area contributed by atoms with E-state index in [1.54, 1.807) is 13.0 Å². The van der Waals surface area contributed by atoms with Gasteiger partial charge in [-0.05, 0) is 53.9 Å². The van der Waals surface area contributed by atoms with Crippen LogP contribution in [0.5, 0.6) is 0 Å². The van der Waals surface area contributed by atoms with E-state index < -0.39 is 11.6 Å². The normalized spacial score (nSPS) is 11.8. The van der Waals surface area contributed by atoms with Gasteiger partial charge in [0, 0.05) is 12.5 Å². The third kappa shape index (κ3) is 4.59. The van der Waals surface area contributed by atoms with E-state index in [1.165, 1.54) is 6.07 Å². The van der Waals surface area contributed by atoms with Crippen molar-refractivity contribution in [2.24, 2.45) is 0 Å². The van der Waals surface area contributed by atoms with Crippen LogP contribution in [0, 0.1) is 23.5 Å². The Kier molecular flexibility index (Phi) is 7.04. The van der Waals surface area contributed by atoms with E-state index in [4.69, 9.17) is 0 Å². The lowest BCUT2D eigenvalue weighted by atomic mass is 10.0. The van der Waals surface area contributed by atoms with Crippen molar-refractivity contribution in [1.82, 2.24) is 5.32 Å². The number of hydrogen-bond donors (Lipinski definition) is 1. The average Bonchev–Trinajstić information content (AvgIpc) is 2.41. The van der Waals surface area contributed by atoms with Gasteiger partial charge in [-0.15, -0.1) is 11.8 Å². The third-order valence-corrected chi connectivity index (χ3v) is 3.62. The lowest BCUT2D eigenvalue weighted by Gasteiger charge is -2.19. The molecule has 1 rings (SSSR count). The Morgan fingerprint density at radius 3 is 2.74 bits per heavy atom. The molecular weight excluding hydrogens is 312 g/mol. The van der Waals surface area contributed by atoms with E-state index in [-0.39, 0.29) is 10.5 Å². The largest absolute Gasteiger partial charge is 0.310 e. The second-order valence-electron chi connectivity index (χ2n) is 4.24. The Morgan fingerprint density at radius 2 is 2.11 bits per heavy atom. The highest BCUT2D eigenvalue weighted by Crippen LogP contribution is 2.30. The lowest BCUT2D eigenvalue weighted by Crippen LogP contribution is -2.22. The van der Waals surface area contributed by atoms with Crippen molar-refractivity contribution in [2.75, 3.05) is 6.54 Å². The summed E-state index contributed by atoms with van der Waals surface area (Å²) in [5, 5.41) is 3.35. The molecule has 0 bridgehead atoms. The highest BCUT2D eigenvalue weighted by atomic mass is 79.9. The van der Waals surface area contributed by atoms with Crippen molar-refractivity contribution in [3.05, 3.63) is 33.8 Å². The number of rotatable bonds is 6. The van der Waals surface area contributed by atoms with Crippen LogP contribution in [0.15, 0.2) is 16.6 Å². The van der Waals surface area contributed by atoms with Crippen molar-refractivity contribution < 1.29 is 8.78 Å². The summed E-state index contributed by atoms with van der Waals surface area (Å²) < 4.78 is 26.9. The van der Waals surface area contributed by atoms with E-state index >= 15 is 0 Å². The fourth-order valence-corrected chi connectivity index (χ4v) is 2.44. The Bertz CT molecular complexity index is 477. The van der Waals surface area contributed by atoms with Crippen LogP contribution >= 0.6 is 15.9 Å². The van der Waals surface area contributed by atoms with Gasteiger partial charge in [-0.1, -0.05) is 13.0 Å². The second-order valence-corrected chi connectivity index (χ2v) is 5.03. The molecule has 0 amide bonds. The monoisotopic (exact) mass is 329 g/mol. The zero-order valence-corrected chi connectivity index (χ0v) is 12.8. The lowest BCUT2D eigenvalue weighted by molar-refractivity contribution is 0.478. The molecule has 0 aliphatic heterocycles. The average molecular weight is 330 g/mol. The number of hydrogen-bond acceptors (Lipinski definition) is 1. The molecule has 1 N–H and O–H groups in total. The molecule has 0 heterocycles. The van der Waals surface area contributed by atoms with Crippen molar-refractivity contribution in [1.29, 1.82) is 0 Å². The number of halogens is 3. The summed E-state index contributed by atoms with van der Waals surface area (Å²) in [6, 6.07) is 2.77. The van der Waals surface area contributed by atoms with Crippen LogP contribution < -0.4 is 5.32 Å². The van der Waals surface area contributed by atoms with E-state index in [9.17, 15) is 8.78 Å². The maximum Gasteiger partial charge on any atom is 0.173 e. The zero-order chi connectivity index (χ0) is 14.3. The summed E-state index contributed by atoms with van der Waals surface area (Å²) in [7, 11) is 0. The van der Waals surface area contributed by atoms with Gasteiger partial charge in [0.2, 0.25) is 0 Å². The predicted octanol–water partition coefficient (Wildman–Crippen LogP) is 4.57. The molecule has 104 valence electrons. The van der Waals surface area contributed by atoms with Gasteiger partial charge < -0.3 is 5.32 Å². The quantitative estimate of drug-likeness (QED) is 0.595. The highest BCUT2D eigenvalue weighted by molar-refractivity contribution is 9.10. The SMILES string of the molecule is CC#CCCC(NCCC)c1ccc(F)c(F)c1Br. The standard InChI is InChI=1S/C15H18BrF2N/c1-3-5-6-7-13(19-10-4-2)11-8-9-12(17)15(18)14(11)16/h8-9,13,19H,4,6-7,10H2,1-2H3. The summed E-state index contributed by atoms with van der Waals surface area (Å²) in [6.07, 6.45) is 2.48. The Hall–Kier alpha value is -0.920. The molecule has 1 nitrogen and oxygen atoms in total. The molecule has 4 heteroatoms. The van der Waals surface area contributed by atoms with Gasteiger partial charge in [-0.2, -0.15) is 0 Å². The summed E-state index contributed by atoms with van der Waals surface area (Å²) in [4.78, 5) is 0. The van der Waals surface area contributed by atoms with E-state index in [0.717, 1.165) is 31.4 Å². The molecule has 1 atom stereocenters. The van der Waals surface area contributed by atoms with Crippen molar-refractivity contribution in [3.63, 3.8) is 0 Å². The molecule has 0 aliphatic rings. The highest BCUT2D eigenvalue weighted by Gasteiger charge is 2.18.